The highest BCUT2D eigenvalue weighted by molar-refractivity contribution is 5.92. The molecule has 0 unspecified atom stereocenters. The maximum absolute atomic E-state index is 12.5. The minimum Gasteiger partial charge on any atom is -0.456 e. The fourth-order valence-electron chi connectivity index (χ4n) is 2.77. The van der Waals surface area contributed by atoms with Crippen molar-refractivity contribution < 1.29 is 18.5 Å². The van der Waals surface area contributed by atoms with Crippen LogP contribution in [0.25, 0.3) is 0 Å². The van der Waals surface area contributed by atoms with Gasteiger partial charge in [-0.15, -0.1) is 0 Å². The number of rotatable bonds is 4. The molecule has 0 radical (unpaired) electrons. The van der Waals surface area contributed by atoms with Gasteiger partial charge in [-0.05, 0) is 51.2 Å². The van der Waals surface area contributed by atoms with Crippen molar-refractivity contribution in [2.45, 2.75) is 39.7 Å². The number of aryl methyl sites for hydroxylation is 3. The first kappa shape index (κ1) is 15.7. The van der Waals surface area contributed by atoms with Crippen LogP contribution in [0.3, 0.4) is 0 Å². The zero-order chi connectivity index (χ0) is 16.4. The van der Waals surface area contributed by atoms with E-state index in [1.54, 1.807) is 13.0 Å². The molecular weight excluding hydrogens is 298 g/mol. The minimum atomic E-state index is -0.335. The molecule has 23 heavy (non-hydrogen) atoms. The molecule has 0 aromatic carbocycles. The molecule has 7 nitrogen and oxygen atoms in total. The van der Waals surface area contributed by atoms with Crippen molar-refractivity contribution in [3.05, 3.63) is 34.9 Å². The van der Waals surface area contributed by atoms with Crippen LogP contribution in [0, 0.1) is 26.7 Å². The number of carbonyl (C=O) groups excluding carboxylic acids is 1. The lowest BCUT2D eigenvalue weighted by molar-refractivity contribution is 0.0463. The van der Waals surface area contributed by atoms with Gasteiger partial charge >= 0.3 is 0 Å². The Kier molecular flexibility index (Phi) is 4.47. The molecule has 1 aliphatic heterocycles. The number of hydrogen-bond acceptors (Lipinski definition) is 6. The topological polar surface area (TPSA) is 90.4 Å². The fraction of sp³-hybridized carbons (Fsp3) is 0.562. The van der Waals surface area contributed by atoms with Gasteiger partial charge in [-0.3, -0.25) is 4.79 Å². The standard InChI is InChI=1S/C16H21N3O4/c1-9-8-13(22-10(9)2)15(20)18-14(12-4-6-21-7-5-12)16-17-11(3)19-23-16/h8,12,14H,4-7H2,1-3H3,(H,18,20)/t14-/m1/s1. The van der Waals surface area contributed by atoms with Gasteiger partial charge in [0, 0.05) is 13.2 Å². The number of ether oxygens (including phenoxy) is 1. The highest BCUT2D eigenvalue weighted by Crippen LogP contribution is 2.29. The largest absolute Gasteiger partial charge is 0.456 e. The predicted octanol–water partition coefficient (Wildman–Crippen LogP) is 2.49. The van der Waals surface area contributed by atoms with Crippen LogP contribution in [0.5, 0.6) is 0 Å². The molecule has 1 aliphatic rings. The molecule has 7 heteroatoms. The van der Waals surface area contributed by atoms with Gasteiger partial charge in [-0.2, -0.15) is 4.98 Å². The lowest BCUT2D eigenvalue weighted by atomic mass is 9.91. The van der Waals surface area contributed by atoms with Gasteiger partial charge < -0.3 is 19.0 Å². The Morgan fingerprint density at radius 2 is 2.04 bits per heavy atom. The Labute approximate surface area is 134 Å². The molecular formula is C16H21N3O4. The van der Waals surface area contributed by atoms with Gasteiger partial charge in [0.15, 0.2) is 11.6 Å². The zero-order valence-corrected chi connectivity index (χ0v) is 13.6. The predicted molar refractivity (Wildman–Crippen MR) is 81.0 cm³/mol. The number of nitrogens with zero attached hydrogens (tertiary/aromatic N) is 2. The molecule has 1 amide bonds. The summed E-state index contributed by atoms with van der Waals surface area (Å²) in [4.78, 5) is 16.8. The van der Waals surface area contributed by atoms with Crippen LogP contribution in [-0.4, -0.2) is 29.3 Å². The Morgan fingerprint density at radius 1 is 1.30 bits per heavy atom. The maximum Gasteiger partial charge on any atom is 0.287 e. The normalized spacial score (nSPS) is 17.2. The molecule has 2 aromatic heterocycles. The van der Waals surface area contributed by atoms with Crippen molar-refractivity contribution in [2.24, 2.45) is 5.92 Å². The zero-order valence-electron chi connectivity index (χ0n) is 13.6. The van der Waals surface area contributed by atoms with Crippen molar-refractivity contribution in [1.82, 2.24) is 15.5 Å². The summed E-state index contributed by atoms with van der Waals surface area (Å²) in [5, 5.41) is 6.83. The Bertz CT molecular complexity index is 666. The second-order valence-electron chi connectivity index (χ2n) is 5.93. The fourth-order valence-corrected chi connectivity index (χ4v) is 2.77. The average molecular weight is 319 g/mol. The van der Waals surface area contributed by atoms with Gasteiger partial charge in [0.1, 0.15) is 11.8 Å². The van der Waals surface area contributed by atoms with E-state index in [2.05, 4.69) is 15.5 Å². The summed E-state index contributed by atoms with van der Waals surface area (Å²) >= 11 is 0. The minimum absolute atomic E-state index is 0.199. The molecule has 124 valence electrons. The monoisotopic (exact) mass is 319 g/mol. The van der Waals surface area contributed by atoms with E-state index in [-0.39, 0.29) is 17.9 Å². The summed E-state index contributed by atoms with van der Waals surface area (Å²) in [7, 11) is 0. The van der Waals surface area contributed by atoms with E-state index in [9.17, 15) is 4.79 Å². The lowest BCUT2D eigenvalue weighted by Crippen LogP contribution is -2.36. The molecule has 0 aliphatic carbocycles. The molecule has 3 heterocycles. The van der Waals surface area contributed by atoms with Gasteiger partial charge in [0.2, 0.25) is 5.89 Å². The third-order valence-corrected chi connectivity index (χ3v) is 4.22. The van der Waals surface area contributed by atoms with E-state index in [4.69, 9.17) is 13.7 Å². The van der Waals surface area contributed by atoms with Crippen LogP contribution >= 0.6 is 0 Å². The lowest BCUT2D eigenvalue weighted by Gasteiger charge is -2.28. The van der Waals surface area contributed by atoms with Gasteiger partial charge in [-0.1, -0.05) is 5.16 Å². The first-order chi connectivity index (χ1) is 11.0. The summed E-state index contributed by atoms with van der Waals surface area (Å²) in [6, 6.07) is 1.41. The van der Waals surface area contributed by atoms with Crippen LogP contribution < -0.4 is 5.32 Å². The molecule has 0 spiro atoms. The van der Waals surface area contributed by atoms with Gasteiger partial charge in [0.25, 0.3) is 5.91 Å². The smallest absolute Gasteiger partial charge is 0.287 e. The van der Waals surface area contributed by atoms with Crippen molar-refractivity contribution in [3.8, 4) is 0 Å². The SMILES string of the molecule is Cc1noc([C@H](NC(=O)c2cc(C)c(C)o2)C2CCOCC2)n1. The highest BCUT2D eigenvalue weighted by Gasteiger charge is 2.32. The van der Waals surface area contributed by atoms with E-state index in [1.807, 2.05) is 13.8 Å². The number of hydrogen-bond donors (Lipinski definition) is 1. The van der Waals surface area contributed by atoms with Crippen LogP contribution in [0.4, 0.5) is 0 Å². The average Bonchev–Trinajstić information content (AvgIpc) is 3.12. The molecule has 3 rings (SSSR count). The molecule has 2 aromatic rings. The first-order valence-electron chi connectivity index (χ1n) is 7.80. The molecule has 1 fully saturated rings. The molecule has 1 atom stereocenters. The van der Waals surface area contributed by atoms with E-state index >= 15 is 0 Å². The quantitative estimate of drug-likeness (QED) is 0.931. The van der Waals surface area contributed by atoms with Crippen molar-refractivity contribution >= 4 is 5.91 Å². The molecule has 1 saturated heterocycles. The maximum atomic E-state index is 12.5. The Balaban J connectivity index is 1.81. The molecule has 0 bridgehead atoms. The van der Waals surface area contributed by atoms with E-state index < -0.39 is 0 Å². The Morgan fingerprint density at radius 3 is 2.61 bits per heavy atom. The second-order valence-corrected chi connectivity index (χ2v) is 5.93. The third kappa shape index (κ3) is 3.44. The molecule has 0 saturated carbocycles. The molecule has 1 N–H and O–H groups in total. The van der Waals surface area contributed by atoms with E-state index in [0.29, 0.717) is 30.7 Å². The van der Waals surface area contributed by atoms with Crippen molar-refractivity contribution in [3.63, 3.8) is 0 Å². The summed E-state index contributed by atoms with van der Waals surface area (Å²) in [6.45, 7) is 6.84. The summed E-state index contributed by atoms with van der Waals surface area (Å²) in [6.07, 6.45) is 1.67. The van der Waals surface area contributed by atoms with Crippen LogP contribution in [0.2, 0.25) is 0 Å². The number of amides is 1. The van der Waals surface area contributed by atoms with E-state index in [1.165, 1.54) is 0 Å². The number of furan rings is 1. The van der Waals surface area contributed by atoms with Crippen LogP contribution in [-0.2, 0) is 4.74 Å². The third-order valence-electron chi connectivity index (χ3n) is 4.22. The number of carbonyl (C=O) groups is 1. The summed E-state index contributed by atoms with van der Waals surface area (Å²) in [5.74, 6) is 1.96. The number of nitrogens with one attached hydrogen (secondary N) is 1. The van der Waals surface area contributed by atoms with Crippen molar-refractivity contribution in [1.29, 1.82) is 0 Å². The number of aromatic nitrogens is 2. The van der Waals surface area contributed by atoms with E-state index in [0.717, 1.165) is 24.2 Å². The Hall–Kier alpha value is -2.15. The first-order valence-corrected chi connectivity index (χ1v) is 7.80. The summed E-state index contributed by atoms with van der Waals surface area (Å²) < 4.78 is 16.2. The second kappa shape index (κ2) is 6.54. The van der Waals surface area contributed by atoms with Gasteiger partial charge in [-0.25, -0.2) is 0 Å². The van der Waals surface area contributed by atoms with Crippen LogP contribution in [0.15, 0.2) is 15.0 Å². The summed E-state index contributed by atoms with van der Waals surface area (Å²) in [5.41, 5.74) is 0.950. The van der Waals surface area contributed by atoms with Gasteiger partial charge in [0.05, 0.1) is 0 Å². The van der Waals surface area contributed by atoms with Crippen molar-refractivity contribution in [2.75, 3.05) is 13.2 Å². The van der Waals surface area contributed by atoms with Crippen LogP contribution in [0.1, 0.15) is 52.5 Å². The highest BCUT2D eigenvalue weighted by atomic mass is 16.5.